The van der Waals surface area contributed by atoms with Crippen LogP contribution in [0, 0.1) is 24.2 Å². The number of esters is 1. The van der Waals surface area contributed by atoms with Crippen LogP contribution < -0.4 is 5.32 Å². The number of benzene rings is 1. The van der Waals surface area contributed by atoms with Crippen molar-refractivity contribution in [3.63, 3.8) is 0 Å². The zero-order chi connectivity index (χ0) is 18.4. The highest BCUT2D eigenvalue weighted by Crippen LogP contribution is 2.66. The Bertz CT molecular complexity index is 695. The number of nitrogens with one attached hydrogen (secondary N) is 1. The van der Waals surface area contributed by atoms with E-state index in [0.717, 1.165) is 18.3 Å². The van der Waals surface area contributed by atoms with E-state index in [1.54, 1.807) is 0 Å². The fraction of sp³-hybridized carbons (Fsp3) is 0.636. The average Bonchev–Trinajstić information content (AvgIpc) is 2.58. The molecule has 1 aromatic carbocycles. The highest BCUT2D eigenvalue weighted by Gasteiger charge is 2.58. The molecule has 1 aromatic rings. The zero-order valence-corrected chi connectivity index (χ0v) is 15.8. The smallest absolute Gasteiger partial charge is 0.325 e. The Kier molecular flexibility index (Phi) is 4.32. The second-order valence-corrected chi connectivity index (χ2v) is 9.14. The number of ether oxygens (including phenoxy) is 1. The van der Waals surface area contributed by atoms with Crippen LogP contribution in [0.4, 0.5) is 0 Å². The monoisotopic (exact) mass is 355 g/mol. The molecule has 4 fully saturated rings. The van der Waals surface area contributed by atoms with Gasteiger partial charge >= 0.3 is 5.97 Å². The quantitative estimate of drug-likeness (QED) is 0.822. The van der Waals surface area contributed by atoms with E-state index < -0.39 is 0 Å². The predicted molar refractivity (Wildman–Crippen MR) is 99.6 cm³/mol. The minimum Gasteiger partial charge on any atom is -0.468 e. The van der Waals surface area contributed by atoms with Gasteiger partial charge in [-0.3, -0.25) is 9.59 Å². The number of methoxy groups -OCH3 is 1. The van der Waals surface area contributed by atoms with Crippen molar-refractivity contribution in [3.8, 4) is 0 Å². The van der Waals surface area contributed by atoms with Gasteiger partial charge in [-0.2, -0.15) is 0 Å². The Morgan fingerprint density at radius 2 is 1.77 bits per heavy atom. The highest BCUT2D eigenvalue weighted by atomic mass is 16.5. The van der Waals surface area contributed by atoms with Crippen LogP contribution in [0.1, 0.15) is 56.1 Å². The first-order chi connectivity index (χ1) is 12.4. The fourth-order valence-electron chi connectivity index (χ4n) is 6.55. The molecule has 4 aliphatic rings. The molecule has 0 heterocycles. The van der Waals surface area contributed by atoms with Gasteiger partial charge in [0.05, 0.1) is 7.11 Å². The minimum absolute atomic E-state index is 0.00333. The van der Waals surface area contributed by atoms with E-state index in [2.05, 4.69) is 41.2 Å². The Morgan fingerprint density at radius 1 is 1.12 bits per heavy atom. The molecule has 4 saturated carbocycles. The van der Waals surface area contributed by atoms with Gasteiger partial charge < -0.3 is 10.1 Å². The number of hydrogen-bond acceptors (Lipinski definition) is 3. The number of aryl methyl sites for hydroxylation is 1. The van der Waals surface area contributed by atoms with Gasteiger partial charge in [-0.1, -0.05) is 29.8 Å². The summed E-state index contributed by atoms with van der Waals surface area (Å²) in [6.45, 7) is 2.11. The molecule has 2 atom stereocenters. The molecule has 5 rings (SSSR count). The van der Waals surface area contributed by atoms with Crippen LogP contribution in [0.25, 0.3) is 0 Å². The summed E-state index contributed by atoms with van der Waals surface area (Å²) in [5.41, 5.74) is 3.13. The van der Waals surface area contributed by atoms with Crippen molar-refractivity contribution in [2.24, 2.45) is 17.3 Å². The minimum atomic E-state index is -0.389. The number of carbonyl (C=O) groups is 2. The van der Waals surface area contributed by atoms with Crippen molar-refractivity contribution in [2.45, 2.75) is 57.3 Å². The van der Waals surface area contributed by atoms with E-state index in [9.17, 15) is 9.59 Å². The number of hydrogen-bond donors (Lipinski definition) is 1. The first kappa shape index (κ1) is 17.6. The predicted octanol–water partition coefficient (Wildman–Crippen LogP) is 3.51. The van der Waals surface area contributed by atoms with Crippen LogP contribution in [0.3, 0.4) is 0 Å². The maximum absolute atomic E-state index is 12.5. The van der Waals surface area contributed by atoms with Crippen LogP contribution >= 0.6 is 0 Å². The van der Waals surface area contributed by atoms with E-state index in [1.807, 2.05) is 0 Å². The molecule has 1 N–H and O–H groups in total. The molecule has 0 saturated heterocycles. The van der Waals surface area contributed by atoms with Gasteiger partial charge in [0.15, 0.2) is 0 Å². The van der Waals surface area contributed by atoms with Crippen molar-refractivity contribution in [2.75, 3.05) is 13.7 Å². The molecular weight excluding hydrogens is 326 g/mol. The highest BCUT2D eigenvalue weighted by molar-refractivity contribution is 5.82. The maximum atomic E-state index is 12.5. The summed E-state index contributed by atoms with van der Waals surface area (Å²) in [6, 6.07) is 9.08. The first-order valence-electron chi connectivity index (χ1n) is 9.83. The Labute approximate surface area is 155 Å². The largest absolute Gasteiger partial charge is 0.468 e. The Hall–Kier alpha value is -1.84. The van der Waals surface area contributed by atoms with Crippen molar-refractivity contribution in [1.82, 2.24) is 5.32 Å². The first-order valence-corrected chi connectivity index (χ1v) is 9.83. The van der Waals surface area contributed by atoms with E-state index in [0.29, 0.717) is 6.42 Å². The summed E-state index contributed by atoms with van der Waals surface area (Å²) in [5.74, 6) is 1.09. The van der Waals surface area contributed by atoms with E-state index in [1.165, 1.54) is 50.3 Å². The van der Waals surface area contributed by atoms with Gasteiger partial charge in [-0.05, 0) is 73.7 Å². The standard InChI is InChI=1S/C22H29NO3/c1-15-3-5-18(6-4-15)22-10-16-7-17(11-22)9-21(8-16,14-22)12-19(24)23-13-20(25)26-2/h3-6,16-17H,7-14H2,1-2H3,(H,23,24)/t16-,17-,21?,22?/m1/s1. The van der Waals surface area contributed by atoms with Crippen molar-refractivity contribution in [1.29, 1.82) is 0 Å². The lowest BCUT2D eigenvalue weighted by Gasteiger charge is -2.62. The van der Waals surface area contributed by atoms with Crippen LogP contribution in [0.15, 0.2) is 24.3 Å². The molecule has 4 aliphatic carbocycles. The molecule has 0 unspecified atom stereocenters. The zero-order valence-electron chi connectivity index (χ0n) is 15.8. The topological polar surface area (TPSA) is 55.4 Å². The molecule has 4 nitrogen and oxygen atoms in total. The van der Waals surface area contributed by atoms with E-state index in [-0.39, 0.29) is 29.3 Å². The van der Waals surface area contributed by atoms with Gasteiger partial charge in [-0.15, -0.1) is 0 Å². The third-order valence-electron chi connectivity index (χ3n) is 7.04. The van der Waals surface area contributed by atoms with Gasteiger partial charge in [0, 0.05) is 6.42 Å². The molecule has 1 amide bonds. The number of carbonyl (C=O) groups excluding carboxylic acids is 2. The fourth-order valence-corrected chi connectivity index (χ4v) is 6.55. The van der Waals surface area contributed by atoms with Crippen LogP contribution in [0.5, 0.6) is 0 Å². The lowest BCUT2D eigenvalue weighted by molar-refractivity contribution is -0.142. The molecule has 4 heteroatoms. The molecule has 0 spiro atoms. The number of amides is 1. The van der Waals surface area contributed by atoms with Gasteiger partial charge in [0.25, 0.3) is 0 Å². The third kappa shape index (κ3) is 3.15. The molecule has 4 bridgehead atoms. The van der Waals surface area contributed by atoms with Gasteiger partial charge in [0.1, 0.15) is 6.54 Å². The summed E-state index contributed by atoms with van der Waals surface area (Å²) in [6.07, 6.45) is 7.88. The second kappa shape index (κ2) is 6.40. The molecule has 0 aromatic heterocycles. The number of rotatable bonds is 5. The third-order valence-corrected chi connectivity index (χ3v) is 7.04. The summed E-state index contributed by atoms with van der Waals surface area (Å²) in [7, 11) is 1.35. The van der Waals surface area contributed by atoms with E-state index >= 15 is 0 Å². The summed E-state index contributed by atoms with van der Waals surface area (Å²) in [5, 5.41) is 2.75. The van der Waals surface area contributed by atoms with Gasteiger partial charge in [-0.25, -0.2) is 0 Å². The van der Waals surface area contributed by atoms with Crippen molar-refractivity contribution < 1.29 is 14.3 Å². The van der Waals surface area contributed by atoms with Gasteiger partial charge in [0.2, 0.25) is 5.91 Å². The van der Waals surface area contributed by atoms with Crippen molar-refractivity contribution in [3.05, 3.63) is 35.4 Å². The second-order valence-electron chi connectivity index (χ2n) is 9.14. The molecular formula is C22H29NO3. The lowest BCUT2D eigenvalue weighted by Crippen LogP contribution is -2.55. The Morgan fingerprint density at radius 3 is 2.38 bits per heavy atom. The SMILES string of the molecule is COC(=O)CNC(=O)CC12C[C@H]3C[C@H](C1)CC(c1ccc(C)cc1)(C3)C2. The van der Waals surface area contributed by atoms with E-state index in [4.69, 9.17) is 0 Å². The molecule has 0 radical (unpaired) electrons. The summed E-state index contributed by atoms with van der Waals surface area (Å²) < 4.78 is 4.62. The van der Waals surface area contributed by atoms with Crippen LogP contribution in [-0.2, 0) is 19.7 Å². The van der Waals surface area contributed by atoms with Crippen LogP contribution in [0.2, 0.25) is 0 Å². The normalized spacial score (nSPS) is 34.5. The summed E-state index contributed by atoms with van der Waals surface area (Å²) >= 11 is 0. The lowest BCUT2D eigenvalue weighted by atomic mass is 9.42. The molecule has 26 heavy (non-hydrogen) atoms. The van der Waals surface area contributed by atoms with Crippen LogP contribution in [-0.4, -0.2) is 25.5 Å². The average molecular weight is 355 g/mol. The Balaban J connectivity index is 1.53. The molecule has 0 aliphatic heterocycles. The van der Waals surface area contributed by atoms with Crippen molar-refractivity contribution >= 4 is 11.9 Å². The maximum Gasteiger partial charge on any atom is 0.325 e. The molecule has 140 valence electrons. The summed E-state index contributed by atoms with van der Waals surface area (Å²) in [4.78, 5) is 23.8.